The SMILES string of the molecule is CCNC(=NCc1ccc(C(=O)N(CC)CC)cc1)NCc1ccc(C)cc1. The number of carbonyl (C=O) groups is 1. The third-order valence-corrected chi connectivity index (χ3v) is 4.60. The second-order valence-electron chi connectivity index (χ2n) is 6.71. The number of aliphatic imine (C=N–C) groups is 1. The molecule has 2 aromatic carbocycles. The Labute approximate surface area is 168 Å². The molecule has 0 aliphatic rings. The van der Waals surface area contributed by atoms with Crippen molar-refractivity contribution >= 4 is 11.9 Å². The Bertz CT molecular complexity index is 762. The first-order valence-electron chi connectivity index (χ1n) is 10.0. The zero-order valence-electron chi connectivity index (χ0n) is 17.5. The first-order chi connectivity index (χ1) is 13.6. The average molecular weight is 381 g/mol. The van der Waals surface area contributed by atoms with Gasteiger partial charge in [0.1, 0.15) is 0 Å². The van der Waals surface area contributed by atoms with Gasteiger partial charge in [0.2, 0.25) is 0 Å². The number of amides is 1. The highest BCUT2D eigenvalue weighted by molar-refractivity contribution is 5.94. The number of aryl methyl sites for hydroxylation is 1. The minimum Gasteiger partial charge on any atom is -0.357 e. The van der Waals surface area contributed by atoms with Gasteiger partial charge < -0.3 is 15.5 Å². The highest BCUT2D eigenvalue weighted by Gasteiger charge is 2.11. The molecule has 2 N–H and O–H groups in total. The van der Waals surface area contributed by atoms with Crippen molar-refractivity contribution in [1.29, 1.82) is 0 Å². The van der Waals surface area contributed by atoms with Crippen LogP contribution in [0.25, 0.3) is 0 Å². The van der Waals surface area contributed by atoms with Crippen molar-refractivity contribution in [2.24, 2.45) is 4.99 Å². The summed E-state index contributed by atoms with van der Waals surface area (Å²) in [5.74, 6) is 0.861. The number of hydrogen-bond acceptors (Lipinski definition) is 2. The van der Waals surface area contributed by atoms with Crippen LogP contribution < -0.4 is 10.6 Å². The Morgan fingerprint density at radius 2 is 1.50 bits per heavy atom. The number of rotatable bonds is 8. The first kappa shape index (κ1) is 21.5. The number of carbonyl (C=O) groups excluding carboxylic acids is 1. The molecule has 150 valence electrons. The minimum atomic E-state index is 0.0770. The van der Waals surface area contributed by atoms with Gasteiger partial charge >= 0.3 is 0 Å². The number of nitrogens with zero attached hydrogens (tertiary/aromatic N) is 2. The summed E-state index contributed by atoms with van der Waals surface area (Å²) in [6.07, 6.45) is 0. The number of hydrogen-bond donors (Lipinski definition) is 2. The molecule has 5 heteroatoms. The Balaban J connectivity index is 1.97. The summed E-state index contributed by atoms with van der Waals surface area (Å²) < 4.78 is 0. The summed E-state index contributed by atoms with van der Waals surface area (Å²) in [6, 6.07) is 16.2. The quantitative estimate of drug-likeness (QED) is 0.542. The van der Waals surface area contributed by atoms with E-state index in [0.29, 0.717) is 6.54 Å². The van der Waals surface area contributed by atoms with Crippen molar-refractivity contribution < 1.29 is 4.79 Å². The monoisotopic (exact) mass is 380 g/mol. The molecule has 0 bridgehead atoms. The van der Waals surface area contributed by atoms with E-state index in [4.69, 9.17) is 0 Å². The van der Waals surface area contributed by atoms with Gasteiger partial charge in [0, 0.05) is 31.7 Å². The van der Waals surface area contributed by atoms with Crippen LogP contribution in [-0.2, 0) is 13.1 Å². The Kier molecular flexibility index (Phi) is 8.53. The molecule has 0 spiro atoms. The fourth-order valence-corrected chi connectivity index (χ4v) is 2.85. The van der Waals surface area contributed by atoms with Crippen molar-refractivity contribution in [1.82, 2.24) is 15.5 Å². The second kappa shape index (κ2) is 11.1. The molecule has 0 atom stereocenters. The normalized spacial score (nSPS) is 11.2. The molecule has 0 saturated carbocycles. The van der Waals surface area contributed by atoms with Crippen LogP contribution in [0.15, 0.2) is 53.5 Å². The number of guanidine groups is 1. The average Bonchev–Trinajstić information content (AvgIpc) is 2.72. The van der Waals surface area contributed by atoms with Crippen LogP contribution in [0, 0.1) is 6.92 Å². The minimum absolute atomic E-state index is 0.0770. The molecule has 5 nitrogen and oxygen atoms in total. The lowest BCUT2D eigenvalue weighted by Gasteiger charge is -2.18. The highest BCUT2D eigenvalue weighted by atomic mass is 16.2. The molecule has 0 heterocycles. The molecule has 0 aliphatic carbocycles. The van der Waals surface area contributed by atoms with E-state index in [1.54, 1.807) is 0 Å². The third-order valence-electron chi connectivity index (χ3n) is 4.60. The van der Waals surface area contributed by atoms with Crippen LogP contribution in [0.3, 0.4) is 0 Å². The Morgan fingerprint density at radius 1 is 0.893 bits per heavy atom. The van der Waals surface area contributed by atoms with Crippen molar-refractivity contribution in [3.8, 4) is 0 Å². The summed E-state index contributed by atoms with van der Waals surface area (Å²) in [5.41, 5.74) is 4.27. The van der Waals surface area contributed by atoms with E-state index < -0.39 is 0 Å². The number of nitrogens with one attached hydrogen (secondary N) is 2. The summed E-state index contributed by atoms with van der Waals surface area (Å²) in [7, 11) is 0. The number of benzene rings is 2. The van der Waals surface area contributed by atoms with E-state index in [0.717, 1.165) is 43.3 Å². The molecule has 28 heavy (non-hydrogen) atoms. The maximum absolute atomic E-state index is 12.4. The van der Waals surface area contributed by atoms with Gasteiger partial charge in [-0.05, 0) is 51.0 Å². The van der Waals surface area contributed by atoms with Crippen molar-refractivity contribution in [3.63, 3.8) is 0 Å². The predicted molar refractivity (Wildman–Crippen MR) is 117 cm³/mol. The second-order valence-corrected chi connectivity index (χ2v) is 6.71. The van der Waals surface area contributed by atoms with E-state index in [1.807, 2.05) is 43.0 Å². The molecule has 0 unspecified atom stereocenters. The topological polar surface area (TPSA) is 56.7 Å². The van der Waals surface area contributed by atoms with Crippen LogP contribution in [-0.4, -0.2) is 36.4 Å². The van der Waals surface area contributed by atoms with Gasteiger partial charge in [-0.15, -0.1) is 0 Å². The van der Waals surface area contributed by atoms with Gasteiger partial charge in [0.15, 0.2) is 5.96 Å². The van der Waals surface area contributed by atoms with E-state index in [1.165, 1.54) is 11.1 Å². The van der Waals surface area contributed by atoms with Gasteiger partial charge in [-0.1, -0.05) is 42.0 Å². The summed E-state index contributed by atoms with van der Waals surface area (Å²) in [6.45, 7) is 11.7. The fourth-order valence-electron chi connectivity index (χ4n) is 2.85. The molecule has 2 rings (SSSR count). The Hall–Kier alpha value is -2.82. The highest BCUT2D eigenvalue weighted by Crippen LogP contribution is 2.09. The molecule has 0 fully saturated rings. The van der Waals surface area contributed by atoms with Crippen LogP contribution >= 0.6 is 0 Å². The molecular weight excluding hydrogens is 348 g/mol. The van der Waals surface area contributed by atoms with Gasteiger partial charge in [0.25, 0.3) is 5.91 Å². The van der Waals surface area contributed by atoms with Crippen LogP contribution in [0.4, 0.5) is 0 Å². The van der Waals surface area contributed by atoms with Crippen molar-refractivity contribution in [2.75, 3.05) is 19.6 Å². The standard InChI is InChI=1S/C23H32N4O/c1-5-24-23(25-16-19-10-8-18(4)9-11-19)26-17-20-12-14-21(15-13-20)22(28)27(6-2)7-3/h8-15H,5-7,16-17H2,1-4H3,(H2,24,25,26). The van der Waals surface area contributed by atoms with Crippen LogP contribution in [0.2, 0.25) is 0 Å². The van der Waals surface area contributed by atoms with Crippen molar-refractivity contribution in [2.45, 2.75) is 40.8 Å². The molecule has 0 aromatic heterocycles. The zero-order valence-corrected chi connectivity index (χ0v) is 17.5. The van der Waals surface area contributed by atoms with E-state index >= 15 is 0 Å². The van der Waals surface area contributed by atoms with Gasteiger partial charge in [-0.3, -0.25) is 4.79 Å². The molecular formula is C23H32N4O. The fraction of sp³-hybridized carbons (Fsp3) is 0.391. The molecule has 1 amide bonds. The lowest BCUT2D eigenvalue weighted by Crippen LogP contribution is -2.36. The smallest absolute Gasteiger partial charge is 0.253 e. The van der Waals surface area contributed by atoms with Gasteiger partial charge in [-0.25, -0.2) is 4.99 Å². The maximum atomic E-state index is 12.4. The molecule has 0 aliphatic heterocycles. The van der Waals surface area contributed by atoms with E-state index in [9.17, 15) is 4.79 Å². The van der Waals surface area contributed by atoms with Crippen LogP contribution in [0.5, 0.6) is 0 Å². The summed E-state index contributed by atoms with van der Waals surface area (Å²) in [5, 5.41) is 6.64. The largest absolute Gasteiger partial charge is 0.357 e. The lowest BCUT2D eigenvalue weighted by molar-refractivity contribution is 0.0773. The molecule has 2 aromatic rings. The van der Waals surface area contributed by atoms with Crippen molar-refractivity contribution in [3.05, 3.63) is 70.8 Å². The maximum Gasteiger partial charge on any atom is 0.253 e. The zero-order chi connectivity index (χ0) is 20.4. The van der Waals surface area contributed by atoms with E-state index in [-0.39, 0.29) is 5.91 Å². The van der Waals surface area contributed by atoms with Gasteiger partial charge in [-0.2, -0.15) is 0 Å². The van der Waals surface area contributed by atoms with Crippen LogP contribution in [0.1, 0.15) is 47.8 Å². The predicted octanol–water partition coefficient (Wildman–Crippen LogP) is 3.73. The molecule has 0 radical (unpaired) electrons. The summed E-state index contributed by atoms with van der Waals surface area (Å²) in [4.78, 5) is 18.9. The Morgan fingerprint density at radius 3 is 2.07 bits per heavy atom. The van der Waals surface area contributed by atoms with E-state index in [2.05, 4.69) is 53.7 Å². The third kappa shape index (κ3) is 6.41. The van der Waals surface area contributed by atoms with Gasteiger partial charge in [0.05, 0.1) is 6.54 Å². The molecule has 0 saturated heterocycles. The first-order valence-corrected chi connectivity index (χ1v) is 10.0. The summed E-state index contributed by atoms with van der Waals surface area (Å²) >= 11 is 0. The lowest BCUT2D eigenvalue weighted by atomic mass is 10.1.